The summed E-state index contributed by atoms with van der Waals surface area (Å²) in [6.45, 7) is 0.776. The minimum Gasteiger partial charge on any atom is -0.396 e. The van der Waals surface area contributed by atoms with Gasteiger partial charge in [0.05, 0.1) is 10.0 Å². The van der Waals surface area contributed by atoms with Crippen molar-refractivity contribution in [2.75, 3.05) is 18.5 Å². The third-order valence-electron chi connectivity index (χ3n) is 3.33. The summed E-state index contributed by atoms with van der Waals surface area (Å²) in [6.07, 6.45) is 0.482. The fourth-order valence-electron chi connectivity index (χ4n) is 2.11. The standard InChI is InChI=1S/C17H17Cl3N2O2/c18-13-3-5-14(6-4-13)21-17(24)22(8-1-9-23)11-12-2-7-15(19)16(20)10-12/h2-7,10,23H,1,8-9,11H2,(H,21,24). The van der Waals surface area contributed by atoms with Crippen molar-refractivity contribution in [3.05, 3.63) is 63.1 Å². The smallest absolute Gasteiger partial charge is 0.322 e. The van der Waals surface area contributed by atoms with Gasteiger partial charge >= 0.3 is 6.03 Å². The molecule has 24 heavy (non-hydrogen) atoms. The number of hydrogen-bond donors (Lipinski definition) is 2. The number of nitrogens with one attached hydrogen (secondary N) is 1. The van der Waals surface area contributed by atoms with E-state index in [1.807, 2.05) is 6.07 Å². The average Bonchev–Trinajstić information content (AvgIpc) is 2.56. The molecule has 7 heteroatoms. The van der Waals surface area contributed by atoms with Gasteiger partial charge in [-0.15, -0.1) is 0 Å². The molecular weight excluding hydrogens is 371 g/mol. The van der Waals surface area contributed by atoms with Crippen LogP contribution in [-0.2, 0) is 6.54 Å². The maximum absolute atomic E-state index is 12.5. The fraction of sp³-hybridized carbons (Fsp3) is 0.235. The molecule has 0 saturated heterocycles. The summed E-state index contributed by atoms with van der Waals surface area (Å²) in [6, 6.07) is 11.8. The van der Waals surface area contributed by atoms with E-state index >= 15 is 0 Å². The number of carbonyl (C=O) groups is 1. The summed E-state index contributed by atoms with van der Waals surface area (Å²) in [5.41, 5.74) is 1.50. The second-order valence-corrected chi connectivity index (χ2v) is 6.44. The average molecular weight is 388 g/mol. The van der Waals surface area contributed by atoms with Crippen LogP contribution in [0.15, 0.2) is 42.5 Å². The lowest BCUT2D eigenvalue weighted by molar-refractivity contribution is 0.199. The third-order valence-corrected chi connectivity index (χ3v) is 4.32. The maximum atomic E-state index is 12.5. The lowest BCUT2D eigenvalue weighted by Crippen LogP contribution is -2.35. The molecule has 0 saturated carbocycles. The van der Waals surface area contributed by atoms with Gasteiger partial charge in [0.15, 0.2) is 0 Å². The minimum atomic E-state index is -0.267. The Bertz CT molecular complexity index is 693. The number of anilines is 1. The predicted molar refractivity (Wildman–Crippen MR) is 99.0 cm³/mol. The van der Waals surface area contributed by atoms with E-state index in [-0.39, 0.29) is 12.6 Å². The van der Waals surface area contributed by atoms with Crippen molar-refractivity contribution in [1.82, 2.24) is 4.90 Å². The number of amides is 2. The highest BCUT2D eigenvalue weighted by molar-refractivity contribution is 6.42. The summed E-state index contributed by atoms with van der Waals surface area (Å²) >= 11 is 17.8. The molecule has 2 amide bonds. The molecule has 0 aromatic heterocycles. The molecule has 0 aliphatic carbocycles. The molecule has 0 bridgehead atoms. The number of aliphatic hydroxyl groups excluding tert-OH is 1. The molecule has 0 aliphatic rings. The van der Waals surface area contributed by atoms with Crippen molar-refractivity contribution >= 4 is 46.5 Å². The molecule has 2 N–H and O–H groups in total. The van der Waals surface area contributed by atoms with Crippen LogP contribution in [-0.4, -0.2) is 29.2 Å². The second kappa shape index (κ2) is 9.14. The number of hydrogen-bond acceptors (Lipinski definition) is 2. The van der Waals surface area contributed by atoms with Crippen LogP contribution >= 0.6 is 34.8 Å². The molecule has 0 heterocycles. The number of benzene rings is 2. The first-order valence-corrected chi connectivity index (χ1v) is 8.49. The molecule has 0 unspecified atom stereocenters. The molecule has 2 aromatic carbocycles. The minimum absolute atomic E-state index is 0.00605. The van der Waals surface area contributed by atoms with Gasteiger partial charge in [-0.05, 0) is 48.4 Å². The second-order valence-electron chi connectivity index (χ2n) is 5.18. The van der Waals surface area contributed by atoms with E-state index in [0.717, 1.165) is 5.56 Å². The van der Waals surface area contributed by atoms with E-state index in [1.165, 1.54) is 0 Å². The summed E-state index contributed by atoms with van der Waals surface area (Å²) in [7, 11) is 0. The van der Waals surface area contributed by atoms with E-state index in [0.29, 0.717) is 40.3 Å². The zero-order chi connectivity index (χ0) is 17.5. The number of rotatable bonds is 6. The van der Waals surface area contributed by atoms with Gasteiger partial charge in [-0.2, -0.15) is 0 Å². The highest BCUT2D eigenvalue weighted by Gasteiger charge is 2.14. The Kier molecular flexibility index (Phi) is 7.18. The molecule has 0 fully saturated rings. The van der Waals surface area contributed by atoms with Crippen molar-refractivity contribution < 1.29 is 9.90 Å². The molecule has 0 radical (unpaired) electrons. The number of nitrogens with zero attached hydrogens (tertiary/aromatic N) is 1. The van der Waals surface area contributed by atoms with Gasteiger partial charge in [-0.3, -0.25) is 0 Å². The van der Waals surface area contributed by atoms with Gasteiger partial charge in [0, 0.05) is 30.4 Å². The molecule has 0 aliphatic heterocycles. The molecule has 2 rings (SSSR count). The van der Waals surface area contributed by atoms with Crippen molar-refractivity contribution in [3.8, 4) is 0 Å². The van der Waals surface area contributed by atoms with Gasteiger partial charge in [-0.25, -0.2) is 4.79 Å². The Hall–Kier alpha value is -1.46. The number of halogens is 3. The highest BCUT2D eigenvalue weighted by atomic mass is 35.5. The van der Waals surface area contributed by atoms with Crippen molar-refractivity contribution in [2.24, 2.45) is 0 Å². The van der Waals surface area contributed by atoms with E-state index in [9.17, 15) is 4.79 Å². The van der Waals surface area contributed by atoms with Gasteiger partial charge in [-0.1, -0.05) is 40.9 Å². The molecule has 128 valence electrons. The Labute approximate surface area is 155 Å². The predicted octanol–water partition coefficient (Wildman–Crippen LogP) is 5.06. The van der Waals surface area contributed by atoms with E-state index < -0.39 is 0 Å². The van der Waals surface area contributed by atoms with Crippen LogP contribution in [0.5, 0.6) is 0 Å². The van der Waals surface area contributed by atoms with Crippen molar-refractivity contribution in [2.45, 2.75) is 13.0 Å². The van der Waals surface area contributed by atoms with Crippen molar-refractivity contribution in [1.29, 1.82) is 0 Å². The zero-order valence-corrected chi connectivity index (χ0v) is 15.1. The number of carbonyl (C=O) groups excluding carboxylic acids is 1. The van der Waals surface area contributed by atoms with Crippen LogP contribution in [0.25, 0.3) is 0 Å². The highest BCUT2D eigenvalue weighted by Crippen LogP contribution is 2.23. The van der Waals surface area contributed by atoms with Crippen LogP contribution in [0.3, 0.4) is 0 Å². The lowest BCUT2D eigenvalue weighted by Gasteiger charge is -2.23. The Balaban J connectivity index is 2.09. The number of aliphatic hydroxyl groups is 1. The maximum Gasteiger partial charge on any atom is 0.322 e. The van der Waals surface area contributed by atoms with Crippen LogP contribution in [0, 0.1) is 0 Å². The lowest BCUT2D eigenvalue weighted by atomic mass is 10.2. The zero-order valence-electron chi connectivity index (χ0n) is 12.8. The summed E-state index contributed by atoms with van der Waals surface area (Å²) in [5.74, 6) is 0. The van der Waals surface area contributed by atoms with Crippen LogP contribution in [0.2, 0.25) is 15.1 Å². The van der Waals surface area contributed by atoms with Gasteiger partial charge < -0.3 is 15.3 Å². The normalized spacial score (nSPS) is 10.5. The fourth-order valence-corrected chi connectivity index (χ4v) is 2.55. The molecule has 2 aromatic rings. The van der Waals surface area contributed by atoms with Crippen LogP contribution in [0.4, 0.5) is 10.5 Å². The first kappa shape index (κ1) is 18.9. The molecule has 0 spiro atoms. The number of urea groups is 1. The topological polar surface area (TPSA) is 52.6 Å². The van der Waals surface area contributed by atoms with Gasteiger partial charge in [0.2, 0.25) is 0 Å². The first-order valence-electron chi connectivity index (χ1n) is 7.36. The van der Waals surface area contributed by atoms with Crippen LogP contribution in [0.1, 0.15) is 12.0 Å². The summed E-state index contributed by atoms with van der Waals surface area (Å²) in [5, 5.41) is 13.4. The quantitative estimate of drug-likeness (QED) is 0.727. The molecule has 0 atom stereocenters. The monoisotopic (exact) mass is 386 g/mol. The molecular formula is C17H17Cl3N2O2. The van der Waals surface area contributed by atoms with Crippen molar-refractivity contribution in [3.63, 3.8) is 0 Å². The van der Waals surface area contributed by atoms with E-state index in [1.54, 1.807) is 41.3 Å². The summed E-state index contributed by atoms with van der Waals surface area (Å²) in [4.78, 5) is 14.1. The first-order chi connectivity index (χ1) is 11.5. The Morgan fingerprint density at radius 3 is 2.38 bits per heavy atom. The summed E-state index contributed by atoms with van der Waals surface area (Å²) < 4.78 is 0. The Morgan fingerprint density at radius 2 is 1.75 bits per heavy atom. The Morgan fingerprint density at radius 1 is 1.04 bits per heavy atom. The van der Waals surface area contributed by atoms with E-state index in [2.05, 4.69) is 5.32 Å². The SMILES string of the molecule is O=C(Nc1ccc(Cl)cc1)N(CCCO)Cc1ccc(Cl)c(Cl)c1. The molecule has 4 nitrogen and oxygen atoms in total. The third kappa shape index (κ3) is 5.56. The van der Waals surface area contributed by atoms with Crippen LogP contribution < -0.4 is 5.32 Å². The van der Waals surface area contributed by atoms with Gasteiger partial charge in [0.25, 0.3) is 0 Å². The largest absolute Gasteiger partial charge is 0.396 e. The van der Waals surface area contributed by atoms with Gasteiger partial charge in [0.1, 0.15) is 0 Å². The van der Waals surface area contributed by atoms with E-state index in [4.69, 9.17) is 39.9 Å².